The molecule has 0 spiro atoms. The fourth-order valence-corrected chi connectivity index (χ4v) is 1.26. The Morgan fingerprint density at radius 3 is 1.80 bits per heavy atom. The van der Waals surface area contributed by atoms with Gasteiger partial charge in [0, 0.05) is 10.0 Å². The van der Waals surface area contributed by atoms with Crippen LogP contribution in [0.2, 0.25) is 0 Å². The van der Waals surface area contributed by atoms with Gasteiger partial charge in [-0.3, -0.25) is 0 Å². The smallest absolute Gasteiger partial charge is 0.0873 e. The number of benzene rings is 1. The lowest BCUT2D eigenvalue weighted by Gasteiger charge is -2.33. The third-order valence-electron chi connectivity index (χ3n) is 1.23. The first kappa shape index (κ1) is 12.3. The summed E-state index contributed by atoms with van der Waals surface area (Å²) < 4.78 is 59.6. The number of hydrogen-bond acceptors (Lipinski definition) is 0. The van der Waals surface area contributed by atoms with E-state index in [2.05, 4.69) is 15.9 Å². The van der Waals surface area contributed by atoms with E-state index < -0.39 is 10.2 Å². The fourth-order valence-electron chi connectivity index (χ4n) is 0.689. The largest absolute Gasteiger partial charge is 0.345 e. The van der Waals surface area contributed by atoms with Crippen molar-refractivity contribution in [1.82, 2.24) is 0 Å². The SMILES string of the molecule is FS(F)(F)(F)(F)C#Cc1ccc(Br)cc1. The highest BCUT2D eigenvalue weighted by atomic mass is 79.9. The quantitative estimate of drug-likeness (QED) is 0.464. The number of rotatable bonds is 0. The Morgan fingerprint density at radius 1 is 0.933 bits per heavy atom. The van der Waals surface area contributed by atoms with Crippen LogP contribution in [0.3, 0.4) is 0 Å². The average Bonchev–Trinajstić information content (AvgIpc) is 2.00. The molecule has 0 saturated carbocycles. The van der Waals surface area contributed by atoms with E-state index in [-0.39, 0.29) is 10.8 Å². The van der Waals surface area contributed by atoms with E-state index in [1.165, 1.54) is 30.2 Å². The van der Waals surface area contributed by atoms with Gasteiger partial charge in [0.2, 0.25) is 0 Å². The standard InChI is InChI=1S/C8H4BrF5S/c9-8-3-1-7(2-4-8)5-6-15(10,11,12,13)14/h1-4H. The molecule has 0 bridgehead atoms. The van der Waals surface area contributed by atoms with Crippen molar-refractivity contribution in [3.05, 3.63) is 34.3 Å². The van der Waals surface area contributed by atoms with Crippen LogP contribution in [0.5, 0.6) is 0 Å². The molecular weight excluding hydrogens is 303 g/mol. The second-order valence-corrected chi connectivity index (χ2v) is 5.76. The molecule has 0 aliphatic carbocycles. The van der Waals surface area contributed by atoms with Crippen molar-refractivity contribution in [1.29, 1.82) is 0 Å². The van der Waals surface area contributed by atoms with Crippen molar-refractivity contribution in [3.63, 3.8) is 0 Å². The Kier molecular flexibility index (Phi) is 2.38. The topological polar surface area (TPSA) is 0 Å². The second-order valence-electron chi connectivity index (χ2n) is 2.70. The molecule has 0 amide bonds. The van der Waals surface area contributed by atoms with E-state index in [9.17, 15) is 19.4 Å². The Bertz CT molecular complexity index is 435. The maximum atomic E-state index is 11.8. The van der Waals surface area contributed by atoms with Gasteiger partial charge in [0.05, 0.1) is 5.25 Å². The summed E-state index contributed by atoms with van der Waals surface area (Å²) in [5.41, 5.74) is -0.119. The molecule has 0 atom stereocenters. The molecule has 0 aromatic heterocycles. The first-order valence-electron chi connectivity index (χ1n) is 3.49. The lowest BCUT2D eigenvalue weighted by atomic mass is 10.2. The van der Waals surface area contributed by atoms with Crippen molar-refractivity contribution in [2.75, 3.05) is 0 Å². The van der Waals surface area contributed by atoms with Gasteiger partial charge in [-0.05, 0) is 30.2 Å². The van der Waals surface area contributed by atoms with Gasteiger partial charge in [0.25, 0.3) is 0 Å². The molecule has 1 aromatic rings. The highest BCUT2D eigenvalue weighted by molar-refractivity contribution is 9.10. The molecule has 1 rings (SSSR count). The third-order valence-corrected chi connectivity index (χ3v) is 2.25. The summed E-state index contributed by atoms with van der Waals surface area (Å²) in [5, 5.41) is 0.130. The molecule has 0 unspecified atom stereocenters. The zero-order valence-electron chi connectivity index (χ0n) is 6.99. The molecule has 84 valence electrons. The van der Waals surface area contributed by atoms with E-state index >= 15 is 0 Å². The lowest BCUT2D eigenvalue weighted by Crippen LogP contribution is -1.99. The minimum atomic E-state index is -9.62. The highest BCUT2D eigenvalue weighted by Crippen LogP contribution is 2.97. The third kappa shape index (κ3) is 5.64. The van der Waals surface area contributed by atoms with Crippen molar-refractivity contribution in [2.45, 2.75) is 0 Å². The molecule has 0 saturated heterocycles. The molecule has 0 heterocycles. The van der Waals surface area contributed by atoms with Crippen LogP contribution in [0.25, 0.3) is 0 Å². The molecule has 15 heavy (non-hydrogen) atoms. The molecule has 0 N–H and O–H groups in total. The molecule has 7 heteroatoms. The van der Waals surface area contributed by atoms with Crippen LogP contribution in [0, 0.1) is 11.2 Å². The van der Waals surface area contributed by atoms with E-state index in [1.807, 2.05) is 0 Å². The van der Waals surface area contributed by atoms with Gasteiger partial charge in [0.1, 0.15) is 0 Å². The summed E-state index contributed by atoms with van der Waals surface area (Å²) in [6, 6.07) is 5.24. The minimum Gasteiger partial charge on any atom is -0.0873 e. The van der Waals surface area contributed by atoms with Crippen LogP contribution in [0.15, 0.2) is 28.7 Å². The van der Waals surface area contributed by atoms with E-state index in [0.29, 0.717) is 4.47 Å². The Labute approximate surface area is 91.3 Å². The lowest BCUT2D eigenvalue weighted by molar-refractivity contribution is 0.389. The molecule has 0 aliphatic heterocycles. The molecule has 0 fully saturated rings. The van der Waals surface area contributed by atoms with Gasteiger partial charge in [-0.15, -0.1) is 0 Å². The summed E-state index contributed by atoms with van der Waals surface area (Å²) in [5.74, 6) is 1.40. The van der Waals surface area contributed by atoms with Crippen molar-refractivity contribution < 1.29 is 19.4 Å². The summed E-state index contributed by atoms with van der Waals surface area (Å²) in [6.07, 6.45) is 0. The molecule has 0 nitrogen and oxygen atoms in total. The first-order chi connectivity index (χ1) is 6.45. The van der Waals surface area contributed by atoms with Crippen LogP contribution in [0.1, 0.15) is 5.56 Å². The molecule has 0 radical (unpaired) electrons. The van der Waals surface area contributed by atoms with Gasteiger partial charge >= 0.3 is 10.2 Å². The second kappa shape index (κ2) is 2.89. The highest BCUT2D eigenvalue weighted by Gasteiger charge is 2.62. The van der Waals surface area contributed by atoms with Crippen LogP contribution < -0.4 is 0 Å². The average molecular weight is 307 g/mol. The minimum absolute atomic E-state index is 0.119. The summed E-state index contributed by atoms with van der Waals surface area (Å²) in [6.45, 7) is 0. The van der Waals surface area contributed by atoms with Crippen LogP contribution in [0.4, 0.5) is 19.4 Å². The van der Waals surface area contributed by atoms with E-state index in [1.54, 1.807) is 0 Å². The van der Waals surface area contributed by atoms with Gasteiger partial charge in [-0.25, -0.2) is 0 Å². The number of hydrogen-bond donors (Lipinski definition) is 0. The van der Waals surface area contributed by atoms with Crippen LogP contribution >= 0.6 is 26.2 Å². The van der Waals surface area contributed by atoms with Crippen molar-refractivity contribution in [3.8, 4) is 11.2 Å². The Hall–Kier alpha value is -0.740. The number of halogens is 6. The maximum absolute atomic E-state index is 11.8. The van der Waals surface area contributed by atoms with Gasteiger partial charge in [0.15, 0.2) is 0 Å². The predicted molar refractivity (Wildman–Crippen MR) is 54.2 cm³/mol. The molecule has 0 aliphatic rings. The first-order valence-corrected chi connectivity index (χ1v) is 6.23. The van der Waals surface area contributed by atoms with Crippen LogP contribution in [-0.2, 0) is 0 Å². The fraction of sp³-hybridized carbons (Fsp3) is 0. The summed E-state index contributed by atoms with van der Waals surface area (Å²) >= 11 is 3.05. The molecular formula is C8H4BrF5S. The predicted octanol–water partition coefficient (Wildman–Crippen LogP) is 5.06. The van der Waals surface area contributed by atoms with E-state index in [4.69, 9.17) is 0 Å². The zero-order chi connectivity index (χ0) is 11.8. The van der Waals surface area contributed by atoms with Crippen molar-refractivity contribution in [2.24, 2.45) is 0 Å². The molecule has 1 aromatic carbocycles. The summed E-state index contributed by atoms with van der Waals surface area (Å²) in [7, 11) is -9.62. The normalized spacial score (nSPS) is 15.9. The Morgan fingerprint density at radius 2 is 1.40 bits per heavy atom. The zero-order valence-corrected chi connectivity index (χ0v) is 9.39. The van der Waals surface area contributed by atoms with E-state index in [0.717, 1.165) is 0 Å². The van der Waals surface area contributed by atoms with Gasteiger partial charge < -0.3 is 0 Å². The summed E-state index contributed by atoms with van der Waals surface area (Å²) in [4.78, 5) is 0. The maximum Gasteiger partial charge on any atom is 0.345 e. The van der Waals surface area contributed by atoms with Crippen molar-refractivity contribution >= 4 is 26.2 Å². The Balaban J connectivity index is 3.09. The van der Waals surface area contributed by atoms with Gasteiger partial charge in [-0.1, -0.05) is 35.4 Å². The van der Waals surface area contributed by atoms with Gasteiger partial charge in [-0.2, -0.15) is 0 Å². The monoisotopic (exact) mass is 306 g/mol. The van der Waals surface area contributed by atoms with Crippen LogP contribution in [-0.4, -0.2) is 0 Å².